The number of pyridine rings is 1. The molecule has 1 heterocycles. The number of fused-ring (bicyclic) bond motifs is 1. The Hall–Kier alpha value is -2.47. The summed E-state index contributed by atoms with van der Waals surface area (Å²) in [5.41, 5.74) is 6.74. The summed E-state index contributed by atoms with van der Waals surface area (Å²) in [6.45, 7) is 1.87. The van der Waals surface area contributed by atoms with Crippen LogP contribution in [0.2, 0.25) is 0 Å². The number of amides is 2. The van der Waals surface area contributed by atoms with Gasteiger partial charge < -0.3 is 16.4 Å². The largest absolute Gasteiger partial charge is 0.347 e. The second-order valence-electron chi connectivity index (χ2n) is 4.78. The first-order chi connectivity index (χ1) is 10.1. The predicted molar refractivity (Wildman–Crippen MR) is 81.6 cm³/mol. The molecular formula is C15H18N4O2. The lowest BCUT2D eigenvalue weighted by molar-refractivity contribution is -0.126. The van der Waals surface area contributed by atoms with Crippen molar-refractivity contribution < 1.29 is 9.59 Å². The molecule has 1 unspecified atom stereocenters. The average Bonchev–Trinajstić information content (AvgIpc) is 2.52. The molecule has 0 aliphatic rings. The van der Waals surface area contributed by atoms with E-state index in [-0.39, 0.29) is 30.8 Å². The molecule has 0 aliphatic heterocycles. The van der Waals surface area contributed by atoms with E-state index in [0.29, 0.717) is 5.69 Å². The molecule has 1 aromatic heterocycles. The van der Waals surface area contributed by atoms with Crippen molar-refractivity contribution in [2.45, 2.75) is 6.92 Å². The van der Waals surface area contributed by atoms with E-state index in [1.54, 1.807) is 19.2 Å². The van der Waals surface area contributed by atoms with Gasteiger partial charge in [-0.25, -0.2) is 0 Å². The summed E-state index contributed by atoms with van der Waals surface area (Å²) in [6, 6.07) is 9.29. The fraction of sp³-hybridized carbons (Fsp3) is 0.267. The first-order valence-corrected chi connectivity index (χ1v) is 6.73. The zero-order valence-electron chi connectivity index (χ0n) is 11.8. The molecule has 0 bridgehead atoms. The van der Waals surface area contributed by atoms with Crippen LogP contribution in [-0.4, -0.2) is 29.9 Å². The van der Waals surface area contributed by atoms with E-state index in [4.69, 9.17) is 5.73 Å². The number of carbonyl (C=O) groups excluding carboxylic acids is 2. The smallest absolute Gasteiger partial charge is 0.243 e. The Morgan fingerprint density at radius 1 is 1.29 bits per heavy atom. The zero-order chi connectivity index (χ0) is 15.2. The van der Waals surface area contributed by atoms with Gasteiger partial charge in [0.25, 0.3) is 0 Å². The van der Waals surface area contributed by atoms with Crippen molar-refractivity contribution in [1.82, 2.24) is 10.3 Å². The molecule has 0 spiro atoms. The Morgan fingerprint density at radius 2 is 2.05 bits per heavy atom. The molecule has 21 heavy (non-hydrogen) atoms. The third kappa shape index (κ3) is 3.76. The van der Waals surface area contributed by atoms with E-state index in [1.165, 1.54) is 0 Å². The van der Waals surface area contributed by atoms with Crippen LogP contribution in [0.25, 0.3) is 10.9 Å². The van der Waals surface area contributed by atoms with E-state index in [0.717, 1.165) is 10.9 Å². The second-order valence-corrected chi connectivity index (χ2v) is 4.78. The van der Waals surface area contributed by atoms with E-state index < -0.39 is 0 Å². The predicted octanol–water partition coefficient (Wildman–Crippen LogP) is 0.884. The molecule has 2 aromatic rings. The first kappa shape index (κ1) is 14.9. The Bertz CT molecular complexity index is 652. The van der Waals surface area contributed by atoms with Crippen LogP contribution in [0.15, 0.2) is 36.5 Å². The monoisotopic (exact) mass is 286 g/mol. The summed E-state index contributed by atoms with van der Waals surface area (Å²) in [5, 5.41) is 6.24. The Balaban J connectivity index is 2.00. The van der Waals surface area contributed by atoms with Crippen LogP contribution in [-0.2, 0) is 9.59 Å². The normalized spacial score (nSPS) is 11.9. The number of para-hydroxylation sites is 1. The van der Waals surface area contributed by atoms with Crippen molar-refractivity contribution in [2.24, 2.45) is 11.7 Å². The van der Waals surface area contributed by atoms with E-state index in [9.17, 15) is 9.59 Å². The molecule has 0 aliphatic carbocycles. The molecule has 1 atom stereocenters. The van der Waals surface area contributed by atoms with Crippen molar-refractivity contribution in [3.63, 3.8) is 0 Å². The summed E-state index contributed by atoms with van der Waals surface area (Å²) in [4.78, 5) is 27.7. The summed E-state index contributed by atoms with van der Waals surface area (Å²) in [6.07, 6.45) is 1.67. The highest BCUT2D eigenvalue weighted by Gasteiger charge is 2.12. The maximum Gasteiger partial charge on any atom is 0.243 e. The third-order valence-electron chi connectivity index (χ3n) is 3.13. The van der Waals surface area contributed by atoms with Gasteiger partial charge in [-0.15, -0.1) is 0 Å². The van der Waals surface area contributed by atoms with Crippen LogP contribution >= 0.6 is 0 Å². The Morgan fingerprint density at radius 3 is 2.81 bits per heavy atom. The van der Waals surface area contributed by atoms with Crippen molar-refractivity contribution in [3.8, 4) is 0 Å². The molecule has 6 heteroatoms. The highest BCUT2D eigenvalue weighted by atomic mass is 16.2. The molecule has 0 saturated carbocycles. The maximum absolute atomic E-state index is 11.9. The molecular weight excluding hydrogens is 268 g/mol. The summed E-state index contributed by atoms with van der Waals surface area (Å²) >= 11 is 0. The van der Waals surface area contributed by atoms with Gasteiger partial charge in [0.05, 0.1) is 17.7 Å². The van der Waals surface area contributed by atoms with E-state index >= 15 is 0 Å². The first-order valence-electron chi connectivity index (χ1n) is 6.73. The molecule has 4 N–H and O–H groups in total. The number of anilines is 1. The molecule has 6 nitrogen and oxygen atoms in total. The molecule has 0 fully saturated rings. The van der Waals surface area contributed by atoms with Crippen LogP contribution in [0.3, 0.4) is 0 Å². The third-order valence-corrected chi connectivity index (χ3v) is 3.13. The number of nitrogens with one attached hydrogen (secondary N) is 2. The number of aromatic nitrogens is 1. The summed E-state index contributed by atoms with van der Waals surface area (Å²) in [7, 11) is 0. The van der Waals surface area contributed by atoms with Gasteiger partial charge in [-0.3, -0.25) is 14.6 Å². The van der Waals surface area contributed by atoms with E-state index in [2.05, 4.69) is 15.6 Å². The van der Waals surface area contributed by atoms with Gasteiger partial charge in [0.2, 0.25) is 11.8 Å². The SMILES string of the molecule is CC(CN)C(=O)NCC(=O)Nc1cccc2cccnc12. The Labute approximate surface area is 122 Å². The van der Waals surface area contributed by atoms with Crippen molar-refractivity contribution in [3.05, 3.63) is 36.5 Å². The summed E-state index contributed by atoms with van der Waals surface area (Å²) < 4.78 is 0. The van der Waals surface area contributed by atoms with Crippen molar-refractivity contribution >= 4 is 28.4 Å². The fourth-order valence-corrected chi connectivity index (χ4v) is 1.85. The van der Waals surface area contributed by atoms with Crippen LogP contribution in [0.5, 0.6) is 0 Å². The molecule has 110 valence electrons. The van der Waals surface area contributed by atoms with Crippen molar-refractivity contribution in [2.75, 3.05) is 18.4 Å². The number of carbonyl (C=O) groups is 2. The molecule has 0 saturated heterocycles. The minimum Gasteiger partial charge on any atom is -0.347 e. The topological polar surface area (TPSA) is 97.1 Å². The van der Waals surface area contributed by atoms with Crippen LogP contribution in [0.4, 0.5) is 5.69 Å². The van der Waals surface area contributed by atoms with Crippen LogP contribution in [0.1, 0.15) is 6.92 Å². The number of nitrogens with zero attached hydrogens (tertiary/aromatic N) is 1. The lowest BCUT2D eigenvalue weighted by Crippen LogP contribution is -2.38. The minimum atomic E-state index is -0.308. The number of benzene rings is 1. The maximum atomic E-state index is 11.9. The highest BCUT2D eigenvalue weighted by molar-refractivity contribution is 6.01. The number of hydrogen-bond acceptors (Lipinski definition) is 4. The minimum absolute atomic E-state index is 0.0909. The van der Waals surface area contributed by atoms with Crippen LogP contribution in [0, 0.1) is 5.92 Å². The molecule has 1 aromatic carbocycles. The van der Waals surface area contributed by atoms with E-state index in [1.807, 2.05) is 24.3 Å². The number of hydrogen-bond donors (Lipinski definition) is 3. The Kier molecular flexibility index (Phi) is 4.84. The second kappa shape index (κ2) is 6.81. The van der Waals surface area contributed by atoms with Gasteiger partial charge in [-0.2, -0.15) is 0 Å². The quantitative estimate of drug-likeness (QED) is 0.760. The standard InChI is InChI=1S/C15H18N4O2/c1-10(8-16)15(21)18-9-13(20)19-12-6-2-4-11-5-3-7-17-14(11)12/h2-7,10H,8-9,16H2,1H3,(H,18,21)(H,19,20). The van der Waals surface area contributed by atoms with Gasteiger partial charge in [-0.05, 0) is 12.1 Å². The fourth-order valence-electron chi connectivity index (χ4n) is 1.85. The lowest BCUT2D eigenvalue weighted by Gasteiger charge is -2.11. The van der Waals surface area contributed by atoms with Gasteiger partial charge in [-0.1, -0.05) is 25.1 Å². The average molecular weight is 286 g/mol. The molecule has 0 radical (unpaired) electrons. The van der Waals surface area contributed by atoms with Crippen LogP contribution < -0.4 is 16.4 Å². The molecule has 2 amide bonds. The number of nitrogens with two attached hydrogens (primary N) is 1. The van der Waals surface area contributed by atoms with Gasteiger partial charge in [0.1, 0.15) is 0 Å². The van der Waals surface area contributed by atoms with Gasteiger partial charge in [0, 0.05) is 24.0 Å². The van der Waals surface area contributed by atoms with Gasteiger partial charge >= 0.3 is 0 Å². The lowest BCUT2D eigenvalue weighted by atomic mass is 10.1. The zero-order valence-corrected chi connectivity index (χ0v) is 11.8. The van der Waals surface area contributed by atoms with Crippen molar-refractivity contribution in [1.29, 1.82) is 0 Å². The van der Waals surface area contributed by atoms with Gasteiger partial charge in [0.15, 0.2) is 0 Å². The molecule has 2 rings (SSSR count). The number of rotatable bonds is 5. The summed E-state index contributed by atoms with van der Waals surface area (Å²) in [5.74, 6) is -0.841. The highest BCUT2D eigenvalue weighted by Crippen LogP contribution is 2.20.